The van der Waals surface area contributed by atoms with E-state index in [-0.39, 0.29) is 23.6 Å². The van der Waals surface area contributed by atoms with Crippen LogP contribution in [0, 0.1) is 11.3 Å². The first-order valence-corrected chi connectivity index (χ1v) is 12.0. The van der Waals surface area contributed by atoms with Crippen molar-refractivity contribution in [1.29, 1.82) is 0 Å². The van der Waals surface area contributed by atoms with Crippen LogP contribution < -0.4 is 15.4 Å². The van der Waals surface area contributed by atoms with Crippen LogP contribution in [0.5, 0.6) is 5.75 Å². The number of amides is 3. The first kappa shape index (κ1) is 19.6. The molecule has 33 heavy (non-hydrogen) atoms. The molecule has 6 aliphatic heterocycles. The molecule has 8 rings (SSSR count). The van der Waals surface area contributed by atoms with Crippen molar-refractivity contribution in [1.82, 2.24) is 10.2 Å². The Morgan fingerprint density at radius 2 is 1.88 bits per heavy atom. The summed E-state index contributed by atoms with van der Waals surface area (Å²) in [6.45, 7) is 8.86. The summed E-state index contributed by atoms with van der Waals surface area (Å²) in [5.41, 5.74) is -1.06. The smallest absolute Gasteiger partial charge is 0.249 e. The molecular formula is C26H29N3O4. The van der Waals surface area contributed by atoms with E-state index in [4.69, 9.17) is 4.74 Å². The molecule has 1 aromatic carbocycles. The lowest BCUT2D eigenvalue weighted by Gasteiger charge is -2.59. The van der Waals surface area contributed by atoms with Gasteiger partial charge in [-0.2, -0.15) is 0 Å². The van der Waals surface area contributed by atoms with E-state index < -0.39 is 27.5 Å². The molecule has 0 aromatic heterocycles. The van der Waals surface area contributed by atoms with E-state index in [2.05, 4.69) is 24.5 Å². The number of fused-ring (bicyclic) bond motifs is 5. The van der Waals surface area contributed by atoms with E-state index in [1.807, 2.05) is 43.0 Å². The number of piperazine rings is 1. The van der Waals surface area contributed by atoms with E-state index in [0.717, 1.165) is 29.0 Å². The molecule has 7 heteroatoms. The lowest BCUT2D eigenvalue weighted by atomic mass is 9.57. The molecule has 1 saturated carbocycles. The highest BCUT2D eigenvalue weighted by Crippen LogP contribution is 2.70. The molecule has 2 N–H and O–H groups in total. The third kappa shape index (κ3) is 1.87. The number of nitrogens with one attached hydrogen (secondary N) is 2. The van der Waals surface area contributed by atoms with Gasteiger partial charge in [-0.05, 0) is 68.7 Å². The Bertz CT molecular complexity index is 1230. The second kappa shape index (κ2) is 5.29. The number of hydrogen-bond donors (Lipinski definition) is 2. The summed E-state index contributed by atoms with van der Waals surface area (Å²) in [7, 11) is 0. The van der Waals surface area contributed by atoms with Gasteiger partial charge in [0.2, 0.25) is 17.7 Å². The van der Waals surface area contributed by atoms with Gasteiger partial charge in [-0.3, -0.25) is 14.4 Å². The average Bonchev–Trinajstić information content (AvgIpc) is 3.35. The van der Waals surface area contributed by atoms with Crippen LogP contribution in [-0.2, 0) is 19.8 Å². The molecular weight excluding hydrogens is 418 g/mol. The maximum atomic E-state index is 13.9. The molecule has 1 aromatic rings. The summed E-state index contributed by atoms with van der Waals surface area (Å²) in [5.74, 6) is 0.523. The third-order valence-electron chi connectivity index (χ3n) is 9.84. The summed E-state index contributed by atoms with van der Waals surface area (Å²) in [6.07, 6.45) is 6.51. The van der Waals surface area contributed by atoms with Gasteiger partial charge < -0.3 is 20.3 Å². The van der Waals surface area contributed by atoms with Crippen LogP contribution in [0.15, 0.2) is 18.2 Å². The van der Waals surface area contributed by atoms with Crippen LogP contribution in [0.2, 0.25) is 0 Å². The van der Waals surface area contributed by atoms with Gasteiger partial charge in [0.1, 0.15) is 22.4 Å². The van der Waals surface area contributed by atoms with Crippen molar-refractivity contribution in [3.63, 3.8) is 0 Å². The molecule has 7 aliphatic rings. The average molecular weight is 448 g/mol. The van der Waals surface area contributed by atoms with Crippen molar-refractivity contribution < 1.29 is 19.1 Å². The Morgan fingerprint density at radius 3 is 2.67 bits per heavy atom. The van der Waals surface area contributed by atoms with Gasteiger partial charge in [0.15, 0.2) is 0 Å². The van der Waals surface area contributed by atoms with Crippen LogP contribution in [-0.4, -0.2) is 45.8 Å². The molecule has 3 amide bonds. The molecule has 5 fully saturated rings. The summed E-state index contributed by atoms with van der Waals surface area (Å²) in [6, 6.07) is 3.95. The van der Waals surface area contributed by atoms with Crippen molar-refractivity contribution in [2.45, 2.75) is 75.5 Å². The number of carbonyl (C=O) groups is 3. The first-order chi connectivity index (χ1) is 15.5. The standard InChI is InChI=1S/C26H29N3O4/c1-22(2)10-8-14-16(33-22)7-6-15-18(14)27-20(31)25(15)13-26-17(23(25,3)4)12-24(19(30)28-26)9-5-11-29(24)21(26)32/h6-8,10,17H,5,9,11-13H2,1-4H3,(H,27,31)(H,28,30)/t17-,24-,25+,26-/m0/s1. The van der Waals surface area contributed by atoms with Gasteiger partial charge in [-0.15, -0.1) is 0 Å². The van der Waals surface area contributed by atoms with Crippen LogP contribution in [0.3, 0.4) is 0 Å². The number of rotatable bonds is 0. The molecule has 4 saturated heterocycles. The second-order valence-electron chi connectivity index (χ2n) is 12.0. The van der Waals surface area contributed by atoms with Crippen molar-refractivity contribution in [2.75, 3.05) is 11.9 Å². The lowest BCUT2D eigenvalue weighted by molar-refractivity contribution is -0.175. The predicted molar refractivity (Wildman–Crippen MR) is 122 cm³/mol. The maximum absolute atomic E-state index is 13.9. The Hall–Kier alpha value is -2.83. The fourth-order valence-electron chi connectivity index (χ4n) is 8.24. The number of piperidine rings is 2. The summed E-state index contributed by atoms with van der Waals surface area (Å²) in [5, 5.41) is 6.36. The zero-order chi connectivity index (χ0) is 23.2. The minimum absolute atomic E-state index is 0.00462. The van der Waals surface area contributed by atoms with Gasteiger partial charge in [-0.1, -0.05) is 19.9 Å². The minimum atomic E-state index is -1.03. The van der Waals surface area contributed by atoms with E-state index in [0.29, 0.717) is 25.8 Å². The van der Waals surface area contributed by atoms with Crippen LogP contribution >= 0.6 is 0 Å². The molecule has 172 valence electrons. The molecule has 0 unspecified atom stereocenters. The van der Waals surface area contributed by atoms with E-state index in [1.165, 1.54) is 0 Å². The summed E-state index contributed by atoms with van der Waals surface area (Å²) in [4.78, 5) is 43.0. The molecule has 0 radical (unpaired) electrons. The van der Waals surface area contributed by atoms with E-state index >= 15 is 0 Å². The SMILES string of the molecule is CC1(C)C=Cc2c(ccc3c2NC(=O)[C@@]32C[C@@]34NC(=O)[C@]5(CCCN5C3=O)C[C@H]4C2(C)C)O1. The molecule has 4 atom stereocenters. The lowest BCUT2D eigenvalue weighted by Crippen LogP contribution is -2.81. The number of hydrogen-bond acceptors (Lipinski definition) is 4. The molecule has 6 heterocycles. The monoisotopic (exact) mass is 447 g/mol. The maximum Gasteiger partial charge on any atom is 0.249 e. The second-order valence-corrected chi connectivity index (χ2v) is 12.0. The Morgan fingerprint density at radius 1 is 1.09 bits per heavy atom. The topological polar surface area (TPSA) is 87.7 Å². The quantitative estimate of drug-likeness (QED) is 0.640. The number of anilines is 1. The highest BCUT2D eigenvalue weighted by Gasteiger charge is 2.80. The van der Waals surface area contributed by atoms with Crippen molar-refractivity contribution in [3.8, 4) is 5.75 Å². The zero-order valence-corrected chi connectivity index (χ0v) is 19.5. The third-order valence-corrected chi connectivity index (χ3v) is 9.84. The van der Waals surface area contributed by atoms with Crippen molar-refractivity contribution in [2.24, 2.45) is 11.3 Å². The Kier molecular flexibility index (Phi) is 3.14. The highest BCUT2D eigenvalue weighted by atomic mass is 16.5. The number of nitrogens with zero attached hydrogens (tertiary/aromatic N) is 1. The van der Waals surface area contributed by atoms with Gasteiger partial charge in [0.05, 0.1) is 11.1 Å². The highest BCUT2D eigenvalue weighted by molar-refractivity contribution is 6.12. The normalized spacial score (nSPS) is 40.2. The predicted octanol–water partition coefficient (Wildman–Crippen LogP) is 2.74. The van der Waals surface area contributed by atoms with Crippen LogP contribution in [0.4, 0.5) is 5.69 Å². The summed E-state index contributed by atoms with van der Waals surface area (Å²) < 4.78 is 6.15. The molecule has 2 bridgehead atoms. The van der Waals surface area contributed by atoms with Crippen molar-refractivity contribution in [3.05, 3.63) is 29.3 Å². The Balaban J connectivity index is 1.43. The number of carbonyl (C=O) groups excluding carboxylic acids is 3. The van der Waals surface area contributed by atoms with E-state index in [9.17, 15) is 14.4 Å². The fraction of sp³-hybridized carbons (Fsp3) is 0.577. The molecule has 7 nitrogen and oxygen atoms in total. The zero-order valence-electron chi connectivity index (χ0n) is 19.5. The number of ether oxygens (including phenoxy) is 1. The molecule has 1 aliphatic carbocycles. The van der Waals surface area contributed by atoms with Crippen LogP contribution in [0.25, 0.3) is 6.08 Å². The van der Waals surface area contributed by atoms with Gasteiger partial charge in [0.25, 0.3) is 0 Å². The van der Waals surface area contributed by atoms with Gasteiger partial charge in [0, 0.05) is 18.0 Å². The largest absolute Gasteiger partial charge is 0.483 e. The van der Waals surface area contributed by atoms with E-state index in [1.54, 1.807) is 0 Å². The van der Waals surface area contributed by atoms with Crippen LogP contribution in [0.1, 0.15) is 64.5 Å². The van der Waals surface area contributed by atoms with Gasteiger partial charge in [-0.25, -0.2) is 0 Å². The Labute approximate surface area is 192 Å². The fourth-order valence-corrected chi connectivity index (χ4v) is 8.24. The first-order valence-electron chi connectivity index (χ1n) is 12.0. The van der Waals surface area contributed by atoms with Crippen molar-refractivity contribution >= 4 is 29.5 Å². The number of benzene rings is 1. The minimum Gasteiger partial charge on any atom is -0.483 e. The van der Waals surface area contributed by atoms with Gasteiger partial charge >= 0.3 is 0 Å². The molecule has 3 spiro atoms. The summed E-state index contributed by atoms with van der Waals surface area (Å²) >= 11 is 0.